The fraction of sp³-hybridized carbons (Fsp3) is 0.385. The lowest BCUT2D eigenvalue weighted by Gasteiger charge is -2.30. The van der Waals surface area contributed by atoms with Gasteiger partial charge in [0.25, 0.3) is 5.91 Å². The molecule has 0 bridgehead atoms. The van der Waals surface area contributed by atoms with Crippen LogP contribution in [-0.2, 0) is 0 Å². The molecule has 0 spiro atoms. The molecule has 4 heterocycles. The molecule has 1 saturated heterocycles. The monoisotopic (exact) mass is 489 g/mol. The van der Waals surface area contributed by atoms with E-state index < -0.39 is 0 Å². The maximum atomic E-state index is 13.4. The van der Waals surface area contributed by atoms with E-state index in [1.54, 1.807) is 11.1 Å². The average molecular weight is 490 g/mol. The maximum absolute atomic E-state index is 13.4. The summed E-state index contributed by atoms with van der Waals surface area (Å²) >= 11 is 1.28. The number of nitrogens with one attached hydrogen (secondary N) is 1. The number of anilines is 3. The summed E-state index contributed by atoms with van der Waals surface area (Å²) < 4.78 is 6.03. The van der Waals surface area contributed by atoms with E-state index in [4.69, 9.17) is 4.74 Å². The summed E-state index contributed by atoms with van der Waals surface area (Å²) in [6.07, 6.45) is 7.18. The minimum Gasteiger partial charge on any atom is -0.490 e. The Bertz CT molecular complexity index is 1380. The number of aryl methyl sites for hydroxylation is 1. The van der Waals surface area contributed by atoms with Crippen molar-refractivity contribution in [2.45, 2.75) is 45.1 Å². The molecule has 180 valence electrons. The minimum absolute atomic E-state index is 0.292. The van der Waals surface area contributed by atoms with E-state index in [2.05, 4.69) is 20.2 Å². The van der Waals surface area contributed by atoms with Crippen LogP contribution in [0.4, 0.5) is 21.9 Å². The number of ether oxygens (including phenoxy) is 1. The molecule has 1 N–H and O–H groups in total. The van der Waals surface area contributed by atoms with Gasteiger partial charge in [0, 0.05) is 18.5 Å². The molecule has 0 atom stereocenters. The molecule has 2 aliphatic heterocycles. The lowest BCUT2D eigenvalue weighted by Crippen LogP contribution is -2.34. The molecule has 3 amide bonds. The van der Waals surface area contributed by atoms with Gasteiger partial charge in [-0.2, -0.15) is 0 Å². The molecule has 2 aromatic heterocycles. The molecule has 3 aliphatic rings. The van der Waals surface area contributed by atoms with Gasteiger partial charge >= 0.3 is 6.03 Å². The van der Waals surface area contributed by atoms with Crippen molar-refractivity contribution in [3.63, 3.8) is 0 Å². The largest absolute Gasteiger partial charge is 0.490 e. The third-order valence-electron chi connectivity index (χ3n) is 6.92. The van der Waals surface area contributed by atoms with Crippen molar-refractivity contribution >= 4 is 56.3 Å². The molecule has 1 aliphatic carbocycles. The zero-order chi connectivity index (χ0) is 24.1. The second kappa shape index (κ2) is 8.73. The van der Waals surface area contributed by atoms with Crippen LogP contribution in [0.3, 0.4) is 0 Å². The van der Waals surface area contributed by atoms with Crippen LogP contribution in [0, 0.1) is 6.92 Å². The van der Waals surface area contributed by atoms with Gasteiger partial charge in [0.2, 0.25) is 0 Å². The number of carbonyl (C=O) groups excluding carboxylic acids is 2. The number of hydrogen-bond donors (Lipinski definition) is 1. The molecule has 1 saturated carbocycles. The van der Waals surface area contributed by atoms with E-state index in [-0.39, 0.29) is 11.9 Å². The Balaban J connectivity index is 1.37. The molecule has 6 rings (SSSR count). The summed E-state index contributed by atoms with van der Waals surface area (Å²) in [4.78, 5) is 40.4. The minimum atomic E-state index is -0.318. The lowest BCUT2D eigenvalue weighted by atomic mass is 9.96. The van der Waals surface area contributed by atoms with Gasteiger partial charge in [0.1, 0.15) is 15.5 Å². The summed E-state index contributed by atoms with van der Waals surface area (Å²) in [5.41, 5.74) is 3.81. The van der Waals surface area contributed by atoms with Gasteiger partial charge in [-0.3, -0.25) is 9.69 Å². The fourth-order valence-corrected chi connectivity index (χ4v) is 5.92. The average Bonchev–Trinajstić information content (AvgIpc) is 3.17. The van der Waals surface area contributed by atoms with Crippen LogP contribution in [0.15, 0.2) is 35.5 Å². The van der Waals surface area contributed by atoms with Gasteiger partial charge in [0.05, 0.1) is 28.6 Å². The Kier molecular flexibility index (Phi) is 5.53. The Hall–Kier alpha value is -3.30. The summed E-state index contributed by atoms with van der Waals surface area (Å²) in [7, 11) is 2.03. The number of likely N-dealkylation sites (tertiary alicyclic amines) is 1. The summed E-state index contributed by atoms with van der Waals surface area (Å²) in [6.45, 7) is 3.67. The first-order valence-corrected chi connectivity index (χ1v) is 12.9. The van der Waals surface area contributed by atoms with E-state index in [9.17, 15) is 9.59 Å². The molecule has 1 aromatic carbocycles. The molecule has 0 radical (unpaired) electrons. The number of benzene rings is 1. The number of amides is 3. The van der Waals surface area contributed by atoms with Crippen LogP contribution < -0.4 is 15.0 Å². The van der Waals surface area contributed by atoms with E-state index in [1.165, 1.54) is 17.8 Å². The van der Waals surface area contributed by atoms with E-state index in [1.807, 2.05) is 38.2 Å². The number of nitrogens with zero attached hydrogens (tertiary/aromatic N) is 4. The molecular formula is C26H27N5O3S. The van der Waals surface area contributed by atoms with Crippen molar-refractivity contribution < 1.29 is 14.3 Å². The van der Waals surface area contributed by atoms with Crippen LogP contribution in [-0.4, -0.2) is 53.8 Å². The molecule has 35 heavy (non-hydrogen) atoms. The van der Waals surface area contributed by atoms with Gasteiger partial charge < -0.3 is 15.0 Å². The Morgan fingerprint density at radius 3 is 2.83 bits per heavy atom. The highest BCUT2D eigenvalue weighted by atomic mass is 32.1. The zero-order valence-electron chi connectivity index (χ0n) is 19.8. The number of rotatable bonds is 4. The second-order valence-corrected chi connectivity index (χ2v) is 10.5. The van der Waals surface area contributed by atoms with Crippen molar-refractivity contribution in [2.24, 2.45) is 4.99 Å². The molecule has 0 unspecified atom stereocenters. The van der Waals surface area contributed by atoms with E-state index >= 15 is 0 Å². The first kappa shape index (κ1) is 22.2. The predicted molar refractivity (Wildman–Crippen MR) is 139 cm³/mol. The number of carbonyl (C=O) groups is 2. The standard InChI is InChI=1S/C26H27N5O3S/c1-15-13-18(34-17-6-3-7-17)8-9-19(15)31-20-10-11-27-25-21(20)22(29-26(31)33)23(35-25)24(32)28-16-5-4-12-30(2)14-16/h8-11,13,17H,3-7,12,14H2,1-2H3,(H,29,33). The van der Waals surface area contributed by atoms with Crippen LogP contribution >= 0.6 is 11.3 Å². The third kappa shape index (κ3) is 3.98. The van der Waals surface area contributed by atoms with Crippen molar-refractivity contribution in [3.8, 4) is 5.75 Å². The van der Waals surface area contributed by atoms with E-state index in [0.717, 1.165) is 60.3 Å². The quantitative estimate of drug-likeness (QED) is 0.521. The van der Waals surface area contributed by atoms with Gasteiger partial charge in [-0.1, -0.05) is 0 Å². The van der Waals surface area contributed by atoms with Crippen molar-refractivity contribution in [2.75, 3.05) is 30.4 Å². The fourth-order valence-electron chi connectivity index (χ4n) is 4.92. The van der Waals surface area contributed by atoms with Crippen LogP contribution in [0.1, 0.15) is 47.3 Å². The van der Waals surface area contributed by atoms with Gasteiger partial charge in [0.15, 0.2) is 0 Å². The SMILES string of the molecule is Cc1cc(OC2CCC2)ccc1N1C(=O)Nc2c(C(=O)N=C3CCCN(C)C3)sc3nccc1c23. The van der Waals surface area contributed by atoms with Crippen LogP contribution in [0.5, 0.6) is 5.75 Å². The molecule has 9 heteroatoms. The molecular weight excluding hydrogens is 462 g/mol. The number of aromatic nitrogens is 1. The van der Waals surface area contributed by atoms with Gasteiger partial charge in [-0.05, 0) is 82.4 Å². The highest BCUT2D eigenvalue weighted by Gasteiger charge is 2.33. The lowest BCUT2D eigenvalue weighted by molar-refractivity contribution is 0.101. The van der Waals surface area contributed by atoms with Gasteiger partial charge in [-0.25, -0.2) is 14.8 Å². The third-order valence-corrected chi connectivity index (χ3v) is 8.01. The second-order valence-electron chi connectivity index (χ2n) is 9.53. The molecule has 8 nitrogen and oxygen atoms in total. The highest BCUT2D eigenvalue weighted by molar-refractivity contribution is 7.21. The van der Waals surface area contributed by atoms with E-state index in [0.29, 0.717) is 33.7 Å². The Morgan fingerprint density at radius 1 is 1.23 bits per heavy atom. The molecule has 2 fully saturated rings. The summed E-state index contributed by atoms with van der Waals surface area (Å²) in [5, 5.41) is 3.74. The number of urea groups is 1. The highest BCUT2D eigenvalue weighted by Crippen LogP contribution is 2.46. The van der Waals surface area contributed by atoms with Crippen LogP contribution in [0.2, 0.25) is 0 Å². The summed E-state index contributed by atoms with van der Waals surface area (Å²) in [6, 6.07) is 7.34. The molecule has 3 aromatic rings. The van der Waals surface area contributed by atoms with Crippen molar-refractivity contribution in [3.05, 3.63) is 40.9 Å². The van der Waals surface area contributed by atoms with Crippen molar-refractivity contribution in [1.29, 1.82) is 0 Å². The topological polar surface area (TPSA) is 87.1 Å². The predicted octanol–water partition coefficient (Wildman–Crippen LogP) is 5.53. The van der Waals surface area contributed by atoms with Crippen LogP contribution in [0.25, 0.3) is 10.2 Å². The number of piperidine rings is 1. The smallest absolute Gasteiger partial charge is 0.331 e. The van der Waals surface area contributed by atoms with Crippen molar-refractivity contribution in [1.82, 2.24) is 9.88 Å². The zero-order valence-corrected chi connectivity index (χ0v) is 20.7. The van der Waals surface area contributed by atoms with Gasteiger partial charge in [-0.15, -0.1) is 11.3 Å². The Labute approximate surface area is 207 Å². The first-order chi connectivity index (χ1) is 17.0. The summed E-state index contributed by atoms with van der Waals surface area (Å²) in [5.74, 6) is 0.506. The first-order valence-electron chi connectivity index (χ1n) is 12.1. The number of hydrogen-bond acceptors (Lipinski definition) is 6. The maximum Gasteiger partial charge on any atom is 0.331 e. The Morgan fingerprint density at radius 2 is 2.09 bits per heavy atom. The number of thiophene rings is 1. The number of aliphatic imine (C=N–C) groups is 1. The normalized spacial score (nSPS) is 19.7. The number of pyridine rings is 1.